The molecule has 152 valence electrons. The molecule has 0 N–H and O–H groups in total. The largest absolute Gasteiger partial charge is 0.494 e. The summed E-state index contributed by atoms with van der Waals surface area (Å²) in [6.07, 6.45) is 1.39. The first-order valence-corrected chi connectivity index (χ1v) is 10.4. The van der Waals surface area contributed by atoms with Gasteiger partial charge in [0.1, 0.15) is 17.1 Å². The lowest BCUT2D eigenvalue weighted by atomic mass is 9.82. The average Bonchev–Trinajstić information content (AvgIpc) is 2.70. The number of likely N-dealkylation sites (tertiary alicyclic amines) is 1. The zero-order chi connectivity index (χ0) is 20.6. The van der Waals surface area contributed by atoms with Crippen LogP contribution in [0.3, 0.4) is 0 Å². The van der Waals surface area contributed by atoms with Crippen LogP contribution < -0.4 is 9.47 Å². The molecule has 2 aromatic carbocycles. The molecule has 0 saturated carbocycles. The van der Waals surface area contributed by atoms with Crippen molar-refractivity contribution < 1.29 is 19.1 Å². The van der Waals surface area contributed by atoms with Crippen LogP contribution in [0.15, 0.2) is 36.4 Å². The molecule has 4 rings (SSSR count). The minimum atomic E-state index is -0.633. The Balaban J connectivity index is 1.49. The SMILES string of the molecule is CCOc1cccc(C(=O)N2CCC3(CC2)CC(=O)c2cc(Cl)cc(Cl)c2O3)c1. The third kappa shape index (κ3) is 3.94. The van der Waals surface area contributed by atoms with Crippen molar-refractivity contribution in [1.82, 2.24) is 4.90 Å². The van der Waals surface area contributed by atoms with E-state index in [0.717, 1.165) is 0 Å². The predicted molar refractivity (Wildman–Crippen MR) is 112 cm³/mol. The van der Waals surface area contributed by atoms with Gasteiger partial charge in [0.15, 0.2) is 5.78 Å². The summed E-state index contributed by atoms with van der Waals surface area (Å²) >= 11 is 12.3. The molecule has 1 fully saturated rings. The van der Waals surface area contributed by atoms with Crippen LogP contribution >= 0.6 is 23.2 Å². The molecule has 5 nitrogen and oxygen atoms in total. The molecule has 0 atom stereocenters. The second-order valence-electron chi connectivity index (χ2n) is 7.40. The highest BCUT2D eigenvalue weighted by Gasteiger charge is 2.44. The van der Waals surface area contributed by atoms with E-state index in [1.807, 2.05) is 19.1 Å². The molecule has 1 amide bonds. The summed E-state index contributed by atoms with van der Waals surface area (Å²) in [5.41, 5.74) is 0.390. The first-order chi connectivity index (χ1) is 13.9. The molecule has 29 heavy (non-hydrogen) atoms. The van der Waals surface area contributed by atoms with E-state index in [9.17, 15) is 9.59 Å². The van der Waals surface area contributed by atoms with Gasteiger partial charge in [-0.3, -0.25) is 9.59 Å². The van der Waals surface area contributed by atoms with Crippen LogP contribution in [0.25, 0.3) is 0 Å². The summed E-state index contributed by atoms with van der Waals surface area (Å²) in [4.78, 5) is 27.4. The number of benzene rings is 2. The topological polar surface area (TPSA) is 55.8 Å². The van der Waals surface area contributed by atoms with E-state index < -0.39 is 5.60 Å². The lowest BCUT2D eigenvalue weighted by molar-refractivity contribution is -0.00566. The Morgan fingerprint density at radius 1 is 1.21 bits per heavy atom. The number of amides is 1. The Kier molecular flexibility index (Phi) is 5.45. The molecule has 2 aromatic rings. The summed E-state index contributed by atoms with van der Waals surface area (Å²) in [5.74, 6) is 1.00. The number of hydrogen-bond acceptors (Lipinski definition) is 4. The molecule has 1 saturated heterocycles. The van der Waals surface area contributed by atoms with Crippen molar-refractivity contribution >= 4 is 34.9 Å². The second-order valence-corrected chi connectivity index (χ2v) is 8.25. The highest BCUT2D eigenvalue weighted by Crippen LogP contribution is 2.44. The Bertz CT molecular complexity index is 967. The number of piperidine rings is 1. The van der Waals surface area contributed by atoms with E-state index in [1.165, 1.54) is 0 Å². The van der Waals surface area contributed by atoms with Crippen molar-refractivity contribution in [3.8, 4) is 11.5 Å². The summed E-state index contributed by atoms with van der Waals surface area (Å²) in [5, 5.41) is 0.752. The van der Waals surface area contributed by atoms with Crippen LogP contribution in [-0.4, -0.2) is 41.9 Å². The number of carbonyl (C=O) groups is 2. The number of fused-ring (bicyclic) bond motifs is 1. The maximum Gasteiger partial charge on any atom is 0.253 e. The third-order valence-electron chi connectivity index (χ3n) is 5.46. The van der Waals surface area contributed by atoms with E-state index >= 15 is 0 Å². The Hall–Kier alpha value is -2.24. The maximum atomic E-state index is 12.9. The van der Waals surface area contributed by atoms with Crippen LogP contribution in [0.1, 0.15) is 46.9 Å². The second kappa shape index (κ2) is 7.88. The predicted octanol–water partition coefficient (Wildman–Crippen LogP) is 5.03. The van der Waals surface area contributed by atoms with E-state index in [0.29, 0.717) is 65.2 Å². The lowest BCUT2D eigenvalue weighted by Crippen LogP contribution is -2.52. The number of ether oxygens (including phenoxy) is 2. The van der Waals surface area contributed by atoms with Crippen LogP contribution in [0.2, 0.25) is 10.0 Å². The zero-order valence-corrected chi connectivity index (χ0v) is 17.6. The fourth-order valence-electron chi connectivity index (χ4n) is 3.98. The lowest BCUT2D eigenvalue weighted by Gasteiger charge is -2.44. The average molecular weight is 434 g/mol. The van der Waals surface area contributed by atoms with Crippen molar-refractivity contribution in [1.29, 1.82) is 0 Å². The van der Waals surface area contributed by atoms with Gasteiger partial charge in [-0.2, -0.15) is 0 Å². The highest BCUT2D eigenvalue weighted by molar-refractivity contribution is 6.36. The molecular formula is C22H21Cl2NO4. The molecule has 2 aliphatic heterocycles. The molecule has 2 aliphatic rings. The van der Waals surface area contributed by atoms with Crippen LogP contribution in [0, 0.1) is 0 Å². The molecule has 0 aromatic heterocycles. The van der Waals surface area contributed by atoms with Crippen molar-refractivity contribution in [2.45, 2.75) is 31.8 Å². The van der Waals surface area contributed by atoms with Gasteiger partial charge in [-0.05, 0) is 37.3 Å². The van der Waals surface area contributed by atoms with Gasteiger partial charge in [0.05, 0.1) is 23.6 Å². The highest BCUT2D eigenvalue weighted by atomic mass is 35.5. The van der Waals surface area contributed by atoms with E-state index in [2.05, 4.69) is 0 Å². The van der Waals surface area contributed by atoms with Gasteiger partial charge in [0, 0.05) is 36.5 Å². The van der Waals surface area contributed by atoms with Gasteiger partial charge in [0.25, 0.3) is 5.91 Å². The fourth-order valence-corrected chi connectivity index (χ4v) is 4.51. The van der Waals surface area contributed by atoms with Crippen molar-refractivity contribution in [2.24, 2.45) is 0 Å². The van der Waals surface area contributed by atoms with E-state index in [4.69, 9.17) is 32.7 Å². The number of hydrogen-bond donors (Lipinski definition) is 0. The van der Waals surface area contributed by atoms with Gasteiger partial charge >= 0.3 is 0 Å². The van der Waals surface area contributed by atoms with Crippen LogP contribution in [0.4, 0.5) is 0 Å². The molecule has 7 heteroatoms. The third-order valence-corrected chi connectivity index (χ3v) is 5.96. The summed E-state index contributed by atoms with van der Waals surface area (Å²) in [6.45, 7) is 3.46. The molecule has 1 spiro atoms. The number of halogens is 2. The van der Waals surface area contributed by atoms with Gasteiger partial charge in [0.2, 0.25) is 0 Å². The smallest absolute Gasteiger partial charge is 0.253 e. The Morgan fingerprint density at radius 3 is 2.69 bits per heavy atom. The van der Waals surface area contributed by atoms with Gasteiger partial charge < -0.3 is 14.4 Å². The van der Waals surface area contributed by atoms with Crippen molar-refractivity contribution in [3.63, 3.8) is 0 Å². The van der Waals surface area contributed by atoms with E-state index in [-0.39, 0.29) is 18.1 Å². The van der Waals surface area contributed by atoms with Crippen LogP contribution in [0.5, 0.6) is 11.5 Å². The van der Waals surface area contributed by atoms with Crippen molar-refractivity contribution in [3.05, 3.63) is 57.6 Å². The quantitative estimate of drug-likeness (QED) is 0.680. The minimum Gasteiger partial charge on any atom is -0.494 e. The monoisotopic (exact) mass is 433 g/mol. The Morgan fingerprint density at radius 2 is 1.97 bits per heavy atom. The number of carbonyl (C=O) groups excluding carboxylic acids is 2. The summed E-state index contributed by atoms with van der Waals surface area (Å²) in [6, 6.07) is 10.4. The number of rotatable bonds is 3. The molecule has 2 heterocycles. The fraction of sp³-hybridized carbons (Fsp3) is 0.364. The first kappa shape index (κ1) is 20.0. The normalized spacial score (nSPS) is 17.6. The molecular weight excluding hydrogens is 413 g/mol. The molecule has 0 aliphatic carbocycles. The van der Waals surface area contributed by atoms with Gasteiger partial charge in [-0.15, -0.1) is 0 Å². The first-order valence-electron chi connectivity index (χ1n) is 9.64. The summed E-state index contributed by atoms with van der Waals surface area (Å²) < 4.78 is 11.7. The van der Waals surface area contributed by atoms with Crippen LogP contribution in [-0.2, 0) is 0 Å². The summed E-state index contributed by atoms with van der Waals surface area (Å²) in [7, 11) is 0. The Labute approximate surface area is 179 Å². The molecule has 0 unspecified atom stereocenters. The van der Waals surface area contributed by atoms with Crippen molar-refractivity contribution in [2.75, 3.05) is 19.7 Å². The van der Waals surface area contributed by atoms with E-state index in [1.54, 1.807) is 29.2 Å². The number of nitrogens with zero attached hydrogens (tertiary/aromatic N) is 1. The number of ketones is 1. The minimum absolute atomic E-state index is 0.0279. The van der Waals surface area contributed by atoms with Gasteiger partial charge in [-0.25, -0.2) is 0 Å². The number of Topliss-reactive ketones (excluding diaryl/α,β-unsaturated/α-hetero) is 1. The zero-order valence-electron chi connectivity index (χ0n) is 16.0. The standard InChI is InChI=1S/C22H21Cl2NO4/c1-2-28-16-5-3-4-14(10-16)21(27)25-8-6-22(7-9-25)13-19(26)17-11-15(23)12-18(24)20(17)29-22/h3-5,10-12H,2,6-9,13H2,1H3. The molecule has 0 bridgehead atoms. The maximum absolute atomic E-state index is 12.9. The van der Waals surface area contributed by atoms with Gasteiger partial charge in [-0.1, -0.05) is 29.3 Å². The molecule has 0 radical (unpaired) electrons.